The molecule has 0 heterocycles. The van der Waals surface area contributed by atoms with Crippen molar-refractivity contribution in [3.63, 3.8) is 0 Å². The first-order valence-electron chi connectivity index (χ1n) is 35.2. The SMILES string of the molecule is C=C[Si](C)(C=C)c1cccc(C)c1.C=C[Si](C)(C=C)c1cccc(N(C)C(=O)CC(F)(F)F)c1.C=C[Si](C=C)(C=C)c1cccc(C)c1.C=C[Si](C=C)(C=C)c1cccc(N(C)C(=O)CC(F)(F)F)c1.CN(C)C(=O)F.CN(C)C(=O)F.FCC(F)(F)OC(F)C(F)(F)F.FCC(F)(F)OC(F)C(F)(F)F.FOC(CC(F)(F)F)C(F)(F)F.FOC(CC(F)(F)F)C(F)(F)F. The number of rotatable bonds is 28. The quantitative estimate of drug-likeness (QED) is 0.0239. The number of anilines is 2. The monoisotopic (exact) mass is 2010 g/mol. The average molecular weight is 2010 g/mol. The molecule has 130 heavy (non-hydrogen) atoms. The van der Waals surface area contributed by atoms with Crippen LogP contribution in [-0.2, 0) is 28.9 Å². The van der Waals surface area contributed by atoms with Crippen molar-refractivity contribution in [1.29, 1.82) is 0 Å². The maximum absolute atomic E-state index is 12.3. The van der Waals surface area contributed by atoms with Crippen molar-refractivity contribution in [2.45, 2.75) is 139 Å². The fraction of sp³-hybridized carbons (Fsp3) is 0.385. The van der Waals surface area contributed by atoms with E-state index in [1.54, 1.807) is 53.5 Å². The lowest BCUT2D eigenvalue weighted by molar-refractivity contribution is -0.359. The van der Waals surface area contributed by atoms with Crippen LogP contribution in [0, 0.1) is 13.8 Å². The van der Waals surface area contributed by atoms with Crippen molar-refractivity contribution in [1.82, 2.24) is 9.80 Å². The normalized spacial score (nSPS) is 12.8. The number of halogens is 36. The van der Waals surface area contributed by atoms with E-state index in [2.05, 4.69) is 165 Å². The van der Waals surface area contributed by atoms with Gasteiger partial charge in [-0.15, -0.1) is 74.6 Å². The number of alkyl halides is 32. The molecular weight excluding hydrogens is 1920 g/mol. The van der Waals surface area contributed by atoms with E-state index in [0.717, 1.165) is 30.0 Å². The van der Waals surface area contributed by atoms with Crippen LogP contribution in [0.2, 0.25) is 13.1 Å². The lowest BCUT2D eigenvalue weighted by Gasteiger charge is -2.24. The van der Waals surface area contributed by atoms with E-state index in [1.165, 1.54) is 63.8 Å². The number of aryl methyl sites for hydroxylation is 2. The van der Waals surface area contributed by atoms with Crippen LogP contribution >= 0.6 is 0 Å². The van der Waals surface area contributed by atoms with Gasteiger partial charge in [0.15, 0.2) is 29.5 Å². The molecule has 4 aromatic rings. The second-order valence-electron chi connectivity index (χ2n) is 26.5. The molecule has 0 fully saturated rings. The number of ether oxygens (including phenoxy) is 2. The second-order valence-corrected chi connectivity index (χ2v) is 41.7. The number of nitrogens with zero attached hydrogens (tertiary/aromatic N) is 4. The van der Waals surface area contributed by atoms with Crippen molar-refractivity contribution in [2.24, 2.45) is 0 Å². The lowest BCUT2D eigenvalue weighted by Crippen LogP contribution is -2.43. The molecule has 4 aromatic carbocycles. The predicted octanol–water partition coefficient (Wildman–Crippen LogP) is 24.0. The predicted molar refractivity (Wildman–Crippen MR) is 430 cm³/mol. The van der Waals surface area contributed by atoms with E-state index in [0.29, 0.717) is 11.4 Å². The molecule has 0 aromatic heterocycles. The van der Waals surface area contributed by atoms with Gasteiger partial charge in [0, 0.05) is 53.7 Å². The molecule has 4 amide bonds. The minimum atomic E-state index is -5.57. The van der Waals surface area contributed by atoms with Gasteiger partial charge in [-0.25, -0.2) is 27.2 Å². The summed E-state index contributed by atoms with van der Waals surface area (Å²) < 4.78 is 418. The van der Waals surface area contributed by atoms with Crippen LogP contribution in [0.15, 0.2) is 220 Å². The summed E-state index contributed by atoms with van der Waals surface area (Å²) in [6.07, 6.45) is -76.3. The van der Waals surface area contributed by atoms with Crippen molar-refractivity contribution >= 4 is 88.6 Å². The molecule has 0 bridgehead atoms. The topological polar surface area (TPSA) is 118 Å². The van der Waals surface area contributed by atoms with Gasteiger partial charge in [0.05, 0.1) is 12.8 Å². The summed E-state index contributed by atoms with van der Waals surface area (Å²) in [7, 11) is 0.269. The summed E-state index contributed by atoms with van der Waals surface area (Å²) in [6.45, 7) is 42.0. The summed E-state index contributed by atoms with van der Waals surface area (Å²) in [4.78, 5) is 50.2. The Hall–Kier alpha value is -9.65. The van der Waals surface area contributed by atoms with Crippen LogP contribution in [0.25, 0.3) is 0 Å². The molecule has 12 nitrogen and oxygen atoms in total. The molecule has 0 N–H and O–H groups in total. The summed E-state index contributed by atoms with van der Waals surface area (Å²) in [5.74, 6) is -1.99. The van der Waals surface area contributed by atoms with Crippen LogP contribution in [-0.4, -0.2) is 208 Å². The first-order valence-corrected chi connectivity index (χ1v) is 45.0. The molecule has 4 unspecified atom stereocenters. The van der Waals surface area contributed by atoms with E-state index in [1.807, 2.05) is 47.2 Å². The van der Waals surface area contributed by atoms with Gasteiger partial charge in [0.1, 0.15) is 29.0 Å². The average Bonchev–Trinajstić information content (AvgIpc) is 0.812. The number of carbonyl (C=O) groups is 4. The molecule has 0 spiro atoms. The number of carbonyl (C=O) groups excluding carboxylic acids is 4. The lowest BCUT2D eigenvalue weighted by atomic mass is 10.2. The van der Waals surface area contributed by atoms with Gasteiger partial charge < -0.3 is 19.6 Å². The maximum Gasteiger partial charge on any atom is 0.445 e. The van der Waals surface area contributed by atoms with Gasteiger partial charge in [0.25, 0.3) is 12.7 Å². The molecule has 740 valence electrons. The zero-order valence-corrected chi connectivity index (χ0v) is 74.3. The molecule has 4 atom stereocenters. The van der Waals surface area contributed by atoms with Crippen LogP contribution in [0.4, 0.5) is 179 Å². The van der Waals surface area contributed by atoms with Crippen molar-refractivity contribution in [3.8, 4) is 0 Å². The molecule has 0 saturated carbocycles. The summed E-state index contributed by atoms with van der Waals surface area (Å²) in [6, 6.07) is 30.8. The number of hydrogen-bond donors (Lipinski definition) is 0. The molecule has 4 rings (SSSR count). The Morgan fingerprint density at radius 3 is 0.769 bits per heavy atom. The van der Waals surface area contributed by atoms with E-state index in [9.17, 15) is 178 Å². The minimum Gasteiger partial charge on any atom is -0.321 e. The largest absolute Gasteiger partial charge is 0.445 e. The Kier molecular flexibility index (Phi) is 58.1. The Labute approximate surface area is 728 Å². The van der Waals surface area contributed by atoms with Crippen LogP contribution in [0.1, 0.15) is 36.8 Å². The van der Waals surface area contributed by atoms with E-state index < -0.39 is 182 Å². The Balaban J connectivity index is -0.000000335. The fourth-order valence-electron chi connectivity index (χ4n) is 7.96. The highest BCUT2D eigenvalue weighted by molar-refractivity contribution is 7.04. The molecule has 0 aliphatic carbocycles. The van der Waals surface area contributed by atoms with Gasteiger partial charge >= 0.3 is 73.9 Å². The summed E-state index contributed by atoms with van der Waals surface area (Å²) in [5, 5.41) is 4.49. The maximum atomic E-state index is 12.3. The first-order chi connectivity index (χ1) is 58.6. The highest BCUT2D eigenvalue weighted by Gasteiger charge is 2.52. The molecule has 0 radical (unpaired) electrons. The molecule has 0 aliphatic heterocycles. The Morgan fingerprint density at radius 1 is 0.362 bits per heavy atom. The zero-order valence-electron chi connectivity index (χ0n) is 70.3. The minimum absolute atomic E-state index is 0.397. The van der Waals surface area contributed by atoms with Crippen LogP contribution in [0.3, 0.4) is 0 Å². The van der Waals surface area contributed by atoms with E-state index >= 15 is 0 Å². The molecular formula is C78H92F36N4O8Si4. The Bertz CT molecular complexity index is 4000. The highest BCUT2D eigenvalue weighted by atomic mass is 28.3. The third-order valence-electron chi connectivity index (χ3n) is 15.8. The van der Waals surface area contributed by atoms with E-state index in [-0.39, 0.29) is 0 Å². The van der Waals surface area contributed by atoms with Crippen molar-refractivity contribution in [2.75, 3.05) is 65.4 Å². The third kappa shape index (κ3) is 54.9. The van der Waals surface area contributed by atoms with Gasteiger partial charge in [-0.2, -0.15) is 133 Å². The smallest absolute Gasteiger partial charge is 0.321 e. The van der Waals surface area contributed by atoms with Gasteiger partial charge in [-0.05, 0) is 62.7 Å². The van der Waals surface area contributed by atoms with Gasteiger partial charge in [-0.3, -0.25) is 19.1 Å². The second kappa shape index (κ2) is 57.6. The Morgan fingerprint density at radius 2 is 0.585 bits per heavy atom. The number of amides is 4. The van der Waals surface area contributed by atoms with Crippen molar-refractivity contribution < 1.29 is 197 Å². The van der Waals surface area contributed by atoms with E-state index in [4.69, 9.17) is 0 Å². The summed E-state index contributed by atoms with van der Waals surface area (Å²) >= 11 is 0. The standard InChI is InChI=1S/C16H18F3NOSi.C15H18F3NOSi.C13H16Si.C12H16Si.4C4H3F7O.2C3H6FNO/c1-5-22(6-2,7-3)14-10-8-9-13(11-14)20(4)15(21)12-16(17,18)19;1-5-21(4,6-2)13-9-7-8-12(10-13)19(3)14(20)11-15(16,17)18;1-5-14(6-2,7-3)13-10-8-9-12(4)11-13;1-5-13(4,6-2)12-9-7-8-11(3)10-12;2*5-1-3(7,8)12-2(6)4(9,10)11;2*5-3(6,7)1-2(12-11)4(8,9)10;2*1-5(2)3(4)6/h5-11H,1-3,12H2,4H3;5-10H,1-2,11H2,3-4H3;5-11H,1-3H2,4H3;5-10H,1-2H2,3-4H3;4*2H,1H2;2*1-2H3. The van der Waals surface area contributed by atoms with Gasteiger partial charge in [0.2, 0.25) is 24.0 Å². The zero-order chi connectivity index (χ0) is 104. The molecule has 52 heteroatoms. The number of benzene rings is 4. The summed E-state index contributed by atoms with van der Waals surface area (Å²) in [5.41, 5.74) is 22.5. The van der Waals surface area contributed by atoms with Gasteiger partial charge in [-0.1, -0.05) is 159 Å². The number of hydrogen-bond acceptors (Lipinski definition) is 8. The fourth-order valence-corrected chi connectivity index (χ4v) is 15.2. The highest BCUT2D eigenvalue weighted by Crippen LogP contribution is 2.36. The third-order valence-corrected chi connectivity index (χ3v) is 29.0. The first kappa shape index (κ1) is 131. The van der Waals surface area contributed by atoms with Crippen LogP contribution in [0.5, 0.6) is 0 Å². The molecule has 0 aliphatic rings. The molecule has 0 saturated heterocycles. The van der Waals surface area contributed by atoms with Crippen LogP contribution < -0.4 is 30.5 Å². The van der Waals surface area contributed by atoms with Crippen molar-refractivity contribution in [3.05, 3.63) is 231 Å².